The Hall–Kier alpha value is -3.34. The first-order chi connectivity index (χ1) is 12.3. The number of nitrogens with one attached hydrogen (secondary N) is 2. The first-order valence-corrected chi connectivity index (χ1v) is 7.95. The van der Waals surface area contributed by atoms with Crippen molar-refractivity contribution < 1.29 is 9.13 Å². The molecule has 25 heavy (non-hydrogen) atoms. The number of H-pyrrole nitrogens is 1. The zero-order valence-corrected chi connectivity index (χ0v) is 13.4. The predicted molar refractivity (Wildman–Crippen MR) is 96.6 cm³/mol. The standard InChI is InChI=1S/C20H16FN3O/c21-15-7-5-14(6-8-15)13-25-17-11-9-16(10-12-17)22-20-23-18-3-1-2-4-19(18)24-20/h1-12H,13H2,(H2,22,23,24). The molecule has 0 spiro atoms. The van der Waals surface area contributed by atoms with Crippen LogP contribution in [-0.2, 0) is 6.61 Å². The summed E-state index contributed by atoms with van der Waals surface area (Å²) in [5.74, 6) is 1.20. The van der Waals surface area contributed by atoms with Crippen molar-refractivity contribution in [3.8, 4) is 5.75 Å². The van der Waals surface area contributed by atoms with Gasteiger partial charge < -0.3 is 15.0 Å². The smallest absolute Gasteiger partial charge is 0.205 e. The van der Waals surface area contributed by atoms with Gasteiger partial charge in [-0.3, -0.25) is 0 Å². The van der Waals surface area contributed by atoms with Crippen molar-refractivity contribution in [2.75, 3.05) is 5.32 Å². The number of aromatic amines is 1. The molecule has 0 unspecified atom stereocenters. The van der Waals surface area contributed by atoms with Gasteiger partial charge in [-0.25, -0.2) is 9.37 Å². The lowest BCUT2D eigenvalue weighted by molar-refractivity contribution is 0.306. The van der Waals surface area contributed by atoms with Crippen LogP contribution in [0, 0.1) is 5.82 Å². The molecule has 124 valence electrons. The number of ether oxygens (including phenoxy) is 1. The number of hydrogen-bond donors (Lipinski definition) is 2. The molecule has 3 aromatic carbocycles. The van der Waals surface area contributed by atoms with Crippen LogP contribution in [0.4, 0.5) is 16.0 Å². The summed E-state index contributed by atoms with van der Waals surface area (Å²) in [6.45, 7) is 0.399. The molecule has 4 nitrogen and oxygen atoms in total. The van der Waals surface area contributed by atoms with Crippen LogP contribution in [-0.4, -0.2) is 9.97 Å². The summed E-state index contributed by atoms with van der Waals surface area (Å²) in [5.41, 5.74) is 3.74. The van der Waals surface area contributed by atoms with Gasteiger partial charge in [0.15, 0.2) is 0 Å². The van der Waals surface area contributed by atoms with E-state index in [0.717, 1.165) is 28.0 Å². The summed E-state index contributed by atoms with van der Waals surface area (Å²) < 4.78 is 18.6. The Morgan fingerprint density at radius 3 is 2.44 bits per heavy atom. The summed E-state index contributed by atoms with van der Waals surface area (Å²) in [5, 5.41) is 3.24. The summed E-state index contributed by atoms with van der Waals surface area (Å²) in [7, 11) is 0. The second-order valence-electron chi connectivity index (χ2n) is 5.67. The zero-order valence-electron chi connectivity index (χ0n) is 13.4. The fourth-order valence-corrected chi connectivity index (χ4v) is 2.53. The molecule has 0 fully saturated rings. The zero-order chi connectivity index (χ0) is 17.1. The Labute approximate surface area is 144 Å². The van der Waals surface area contributed by atoms with E-state index in [1.54, 1.807) is 12.1 Å². The van der Waals surface area contributed by atoms with Crippen molar-refractivity contribution in [1.29, 1.82) is 0 Å². The molecule has 0 atom stereocenters. The Kier molecular flexibility index (Phi) is 4.04. The highest BCUT2D eigenvalue weighted by molar-refractivity contribution is 5.78. The number of hydrogen-bond acceptors (Lipinski definition) is 3. The minimum atomic E-state index is -0.246. The maximum atomic E-state index is 12.9. The molecule has 0 saturated carbocycles. The number of imidazole rings is 1. The van der Waals surface area contributed by atoms with Crippen LogP contribution in [0.25, 0.3) is 11.0 Å². The second kappa shape index (κ2) is 6.65. The maximum absolute atomic E-state index is 12.9. The van der Waals surface area contributed by atoms with Crippen LogP contribution in [0.2, 0.25) is 0 Å². The fraction of sp³-hybridized carbons (Fsp3) is 0.0500. The van der Waals surface area contributed by atoms with Crippen LogP contribution >= 0.6 is 0 Å². The van der Waals surface area contributed by atoms with Crippen LogP contribution < -0.4 is 10.1 Å². The molecule has 0 aliphatic rings. The fourth-order valence-electron chi connectivity index (χ4n) is 2.53. The third-order valence-corrected chi connectivity index (χ3v) is 3.83. The van der Waals surface area contributed by atoms with Gasteiger partial charge in [0, 0.05) is 5.69 Å². The molecule has 4 rings (SSSR count). The van der Waals surface area contributed by atoms with Crippen LogP contribution in [0.15, 0.2) is 72.8 Å². The molecule has 1 aromatic heterocycles. The number of anilines is 2. The van der Waals surface area contributed by atoms with E-state index in [0.29, 0.717) is 12.6 Å². The molecule has 2 N–H and O–H groups in total. The molecule has 5 heteroatoms. The minimum Gasteiger partial charge on any atom is -0.489 e. The van der Waals surface area contributed by atoms with Gasteiger partial charge in [0.2, 0.25) is 5.95 Å². The Balaban J connectivity index is 1.40. The molecule has 0 amide bonds. The van der Waals surface area contributed by atoms with Crippen LogP contribution in [0.5, 0.6) is 5.75 Å². The van der Waals surface area contributed by atoms with Crippen molar-refractivity contribution in [3.05, 3.63) is 84.2 Å². The third-order valence-electron chi connectivity index (χ3n) is 3.83. The van der Waals surface area contributed by atoms with E-state index in [1.807, 2.05) is 48.5 Å². The summed E-state index contributed by atoms with van der Waals surface area (Å²) in [6.07, 6.45) is 0. The van der Waals surface area contributed by atoms with Crippen molar-refractivity contribution in [1.82, 2.24) is 9.97 Å². The number of para-hydroxylation sites is 2. The van der Waals surface area contributed by atoms with E-state index in [9.17, 15) is 4.39 Å². The van der Waals surface area contributed by atoms with Gasteiger partial charge in [-0.15, -0.1) is 0 Å². The second-order valence-corrected chi connectivity index (χ2v) is 5.67. The molecule has 0 bridgehead atoms. The lowest BCUT2D eigenvalue weighted by atomic mass is 10.2. The Morgan fingerprint density at radius 1 is 0.920 bits per heavy atom. The molecular formula is C20H16FN3O. The van der Waals surface area contributed by atoms with E-state index in [-0.39, 0.29) is 5.82 Å². The van der Waals surface area contributed by atoms with Crippen LogP contribution in [0.1, 0.15) is 5.56 Å². The molecule has 0 aliphatic heterocycles. The number of halogens is 1. The molecule has 4 aromatic rings. The molecule has 1 heterocycles. The van der Waals surface area contributed by atoms with Gasteiger partial charge in [-0.05, 0) is 54.1 Å². The first-order valence-electron chi connectivity index (χ1n) is 7.95. The Bertz CT molecular complexity index is 945. The van der Waals surface area contributed by atoms with Gasteiger partial charge in [0.1, 0.15) is 18.2 Å². The van der Waals surface area contributed by atoms with Crippen molar-refractivity contribution in [2.45, 2.75) is 6.61 Å². The minimum absolute atomic E-state index is 0.246. The average Bonchev–Trinajstić information content (AvgIpc) is 3.05. The van der Waals surface area contributed by atoms with Gasteiger partial charge in [0.05, 0.1) is 11.0 Å². The highest BCUT2D eigenvalue weighted by Crippen LogP contribution is 2.21. The average molecular weight is 333 g/mol. The predicted octanol–water partition coefficient (Wildman–Crippen LogP) is 5.02. The molecule has 0 saturated heterocycles. The monoisotopic (exact) mass is 333 g/mol. The quantitative estimate of drug-likeness (QED) is 0.539. The topological polar surface area (TPSA) is 49.9 Å². The Morgan fingerprint density at radius 2 is 1.68 bits per heavy atom. The van der Waals surface area contributed by atoms with Crippen molar-refractivity contribution in [2.24, 2.45) is 0 Å². The number of nitrogens with zero attached hydrogens (tertiary/aromatic N) is 1. The SMILES string of the molecule is Fc1ccc(COc2ccc(Nc3nc4ccccc4[nH]3)cc2)cc1. The summed E-state index contributed by atoms with van der Waals surface area (Å²) >= 11 is 0. The van der Waals surface area contributed by atoms with Gasteiger partial charge >= 0.3 is 0 Å². The first kappa shape index (κ1) is 15.2. The summed E-state index contributed by atoms with van der Waals surface area (Å²) in [6, 6.07) is 21.8. The van der Waals surface area contributed by atoms with E-state index >= 15 is 0 Å². The van der Waals surface area contributed by atoms with Gasteiger partial charge in [-0.2, -0.15) is 0 Å². The number of benzene rings is 3. The van der Waals surface area contributed by atoms with Crippen molar-refractivity contribution in [3.63, 3.8) is 0 Å². The lowest BCUT2D eigenvalue weighted by Crippen LogP contribution is -1.96. The van der Waals surface area contributed by atoms with E-state index < -0.39 is 0 Å². The lowest BCUT2D eigenvalue weighted by Gasteiger charge is -2.08. The van der Waals surface area contributed by atoms with E-state index in [2.05, 4.69) is 15.3 Å². The van der Waals surface area contributed by atoms with Gasteiger partial charge in [-0.1, -0.05) is 24.3 Å². The van der Waals surface area contributed by atoms with Gasteiger partial charge in [0.25, 0.3) is 0 Å². The van der Waals surface area contributed by atoms with E-state index in [4.69, 9.17) is 4.74 Å². The molecular weight excluding hydrogens is 317 g/mol. The number of aromatic nitrogens is 2. The summed E-state index contributed by atoms with van der Waals surface area (Å²) in [4.78, 5) is 7.71. The normalized spacial score (nSPS) is 10.8. The van der Waals surface area contributed by atoms with Crippen molar-refractivity contribution >= 4 is 22.7 Å². The van der Waals surface area contributed by atoms with Crippen LogP contribution in [0.3, 0.4) is 0 Å². The molecule has 0 aliphatic carbocycles. The largest absolute Gasteiger partial charge is 0.489 e. The van der Waals surface area contributed by atoms with E-state index in [1.165, 1.54) is 12.1 Å². The maximum Gasteiger partial charge on any atom is 0.205 e. The highest BCUT2D eigenvalue weighted by Gasteiger charge is 2.03. The molecule has 0 radical (unpaired) electrons. The highest BCUT2D eigenvalue weighted by atomic mass is 19.1. The third kappa shape index (κ3) is 3.61. The number of fused-ring (bicyclic) bond motifs is 1. The number of rotatable bonds is 5.